The standard InChI is InChI=1S/C18H26N2O/c1-13-11-14(2)17(15(3)12-13)19-7-9-20(10-8-19)18(21)16-5-4-6-16/h11-12,16H,4-10H2,1-3H3. The summed E-state index contributed by atoms with van der Waals surface area (Å²) in [5.74, 6) is 0.734. The lowest BCUT2D eigenvalue weighted by atomic mass is 9.84. The molecule has 0 N–H and O–H groups in total. The summed E-state index contributed by atoms with van der Waals surface area (Å²) in [6, 6.07) is 4.52. The lowest BCUT2D eigenvalue weighted by Crippen LogP contribution is -2.51. The van der Waals surface area contributed by atoms with Crippen molar-refractivity contribution >= 4 is 11.6 Å². The molecule has 1 aliphatic carbocycles. The second kappa shape index (κ2) is 5.70. The molecule has 1 aliphatic heterocycles. The largest absolute Gasteiger partial charge is 0.368 e. The molecular formula is C18H26N2O. The number of rotatable bonds is 2. The highest BCUT2D eigenvalue weighted by molar-refractivity contribution is 5.80. The van der Waals surface area contributed by atoms with Crippen LogP contribution in [0.25, 0.3) is 0 Å². The molecule has 2 aliphatic rings. The molecule has 1 saturated carbocycles. The minimum absolute atomic E-state index is 0.333. The van der Waals surface area contributed by atoms with Gasteiger partial charge < -0.3 is 9.80 Å². The molecule has 0 aromatic heterocycles. The Bertz CT molecular complexity index is 517. The van der Waals surface area contributed by atoms with E-state index in [0.717, 1.165) is 39.0 Å². The van der Waals surface area contributed by atoms with Gasteiger partial charge in [0.15, 0.2) is 0 Å². The highest BCUT2D eigenvalue weighted by atomic mass is 16.2. The van der Waals surface area contributed by atoms with Crippen LogP contribution in [0.15, 0.2) is 12.1 Å². The molecule has 0 spiro atoms. The van der Waals surface area contributed by atoms with Gasteiger partial charge in [0.05, 0.1) is 0 Å². The summed E-state index contributed by atoms with van der Waals surface area (Å²) in [5, 5.41) is 0. The maximum atomic E-state index is 12.3. The fraction of sp³-hybridized carbons (Fsp3) is 0.611. The van der Waals surface area contributed by atoms with Crippen molar-refractivity contribution in [2.75, 3.05) is 31.1 Å². The summed E-state index contributed by atoms with van der Waals surface area (Å²) in [7, 11) is 0. The summed E-state index contributed by atoms with van der Waals surface area (Å²) in [6.45, 7) is 10.2. The van der Waals surface area contributed by atoms with Crippen molar-refractivity contribution in [3.8, 4) is 0 Å². The fourth-order valence-electron chi connectivity index (χ4n) is 3.74. The van der Waals surface area contributed by atoms with Crippen LogP contribution in [0.1, 0.15) is 36.0 Å². The molecule has 3 rings (SSSR count). The Morgan fingerprint density at radius 2 is 1.57 bits per heavy atom. The number of anilines is 1. The van der Waals surface area contributed by atoms with Gasteiger partial charge in [-0.25, -0.2) is 0 Å². The topological polar surface area (TPSA) is 23.6 Å². The minimum atomic E-state index is 0.333. The number of aryl methyl sites for hydroxylation is 3. The van der Waals surface area contributed by atoms with E-state index in [0.29, 0.717) is 11.8 Å². The van der Waals surface area contributed by atoms with Crippen LogP contribution in [-0.2, 0) is 4.79 Å². The van der Waals surface area contributed by atoms with Crippen LogP contribution in [0, 0.1) is 26.7 Å². The molecule has 0 unspecified atom stereocenters. The van der Waals surface area contributed by atoms with E-state index in [-0.39, 0.29) is 0 Å². The van der Waals surface area contributed by atoms with Crippen LogP contribution in [-0.4, -0.2) is 37.0 Å². The molecule has 3 nitrogen and oxygen atoms in total. The van der Waals surface area contributed by atoms with Gasteiger partial charge in [-0.05, 0) is 44.7 Å². The highest BCUT2D eigenvalue weighted by Gasteiger charge is 2.31. The molecule has 0 radical (unpaired) electrons. The summed E-state index contributed by atoms with van der Waals surface area (Å²) < 4.78 is 0. The zero-order valence-electron chi connectivity index (χ0n) is 13.5. The number of hydrogen-bond donors (Lipinski definition) is 0. The van der Waals surface area contributed by atoms with E-state index in [2.05, 4.69) is 42.7 Å². The third-order valence-electron chi connectivity index (χ3n) is 5.00. The number of benzene rings is 1. The van der Waals surface area contributed by atoms with Crippen LogP contribution in [0.4, 0.5) is 5.69 Å². The zero-order chi connectivity index (χ0) is 15.0. The number of piperazine rings is 1. The summed E-state index contributed by atoms with van der Waals surface area (Å²) >= 11 is 0. The number of carbonyl (C=O) groups is 1. The maximum Gasteiger partial charge on any atom is 0.225 e. The summed E-state index contributed by atoms with van der Waals surface area (Å²) in [5.41, 5.74) is 5.40. The first kappa shape index (κ1) is 14.4. The monoisotopic (exact) mass is 286 g/mol. The van der Waals surface area contributed by atoms with Gasteiger partial charge in [0.1, 0.15) is 0 Å². The van der Waals surface area contributed by atoms with E-state index < -0.39 is 0 Å². The number of amides is 1. The first-order chi connectivity index (χ1) is 10.1. The van der Waals surface area contributed by atoms with Crippen LogP contribution in [0.2, 0.25) is 0 Å². The smallest absolute Gasteiger partial charge is 0.225 e. The van der Waals surface area contributed by atoms with E-state index in [4.69, 9.17) is 0 Å². The SMILES string of the molecule is Cc1cc(C)c(N2CCN(C(=O)C3CCC3)CC2)c(C)c1. The van der Waals surface area contributed by atoms with Gasteiger partial charge in [0.25, 0.3) is 0 Å². The predicted octanol–water partition coefficient (Wildman–Crippen LogP) is 3.06. The van der Waals surface area contributed by atoms with Crippen molar-refractivity contribution in [3.05, 3.63) is 28.8 Å². The number of hydrogen-bond acceptors (Lipinski definition) is 2. The van der Waals surface area contributed by atoms with Crippen LogP contribution < -0.4 is 4.90 Å². The van der Waals surface area contributed by atoms with Crippen LogP contribution in [0.5, 0.6) is 0 Å². The van der Waals surface area contributed by atoms with E-state index >= 15 is 0 Å². The minimum Gasteiger partial charge on any atom is -0.368 e. The molecule has 21 heavy (non-hydrogen) atoms. The average molecular weight is 286 g/mol. The Morgan fingerprint density at radius 1 is 1.00 bits per heavy atom. The second-order valence-corrected chi connectivity index (χ2v) is 6.69. The lowest BCUT2D eigenvalue weighted by Gasteiger charge is -2.40. The van der Waals surface area contributed by atoms with Gasteiger partial charge in [0, 0.05) is 37.8 Å². The Morgan fingerprint density at radius 3 is 2.05 bits per heavy atom. The van der Waals surface area contributed by atoms with Crippen molar-refractivity contribution in [1.29, 1.82) is 0 Å². The zero-order valence-corrected chi connectivity index (χ0v) is 13.5. The highest BCUT2D eigenvalue weighted by Crippen LogP contribution is 2.30. The first-order valence-electron chi connectivity index (χ1n) is 8.18. The van der Waals surface area contributed by atoms with Gasteiger partial charge in [-0.15, -0.1) is 0 Å². The van der Waals surface area contributed by atoms with E-state index in [9.17, 15) is 4.79 Å². The molecule has 114 valence electrons. The van der Waals surface area contributed by atoms with Gasteiger partial charge in [-0.2, -0.15) is 0 Å². The molecule has 3 heteroatoms. The Kier molecular flexibility index (Phi) is 3.92. The first-order valence-corrected chi connectivity index (χ1v) is 8.18. The lowest BCUT2D eigenvalue weighted by molar-refractivity contribution is -0.138. The summed E-state index contributed by atoms with van der Waals surface area (Å²) in [6.07, 6.45) is 3.45. The molecule has 1 aromatic rings. The second-order valence-electron chi connectivity index (χ2n) is 6.69. The predicted molar refractivity (Wildman–Crippen MR) is 86.8 cm³/mol. The molecule has 1 aromatic carbocycles. The Hall–Kier alpha value is -1.51. The van der Waals surface area contributed by atoms with Gasteiger partial charge in [-0.1, -0.05) is 24.1 Å². The molecule has 0 atom stereocenters. The number of nitrogens with zero attached hydrogens (tertiary/aromatic N) is 2. The van der Waals surface area contributed by atoms with E-state index in [1.165, 1.54) is 28.8 Å². The van der Waals surface area contributed by atoms with Crippen molar-refractivity contribution in [1.82, 2.24) is 4.90 Å². The normalized spacial score (nSPS) is 19.6. The van der Waals surface area contributed by atoms with Crippen molar-refractivity contribution in [2.45, 2.75) is 40.0 Å². The van der Waals surface area contributed by atoms with Crippen LogP contribution >= 0.6 is 0 Å². The third-order valence-corrected chi connectivity index (χ3v) is 5.00. The molecule has 1 amide bonds. The van der Waals surface area contributed by atoms with Crippen LogP contribution in [0.3, 0.4) is 0 Å². The number of carbonyl (C=O) groups excluding carboxylic acids is 1. The Labute approximate surface area is 127 Å². The Balaban J connectivity index is 1.67. The summed E-state index contributed by atoms with van der Waals surface area (Å²) in [4.78, 5) is 16.8. The van der Waals surface area contributed by atoms with Crippen molar-refractivity contribution in [2.24, 2.45) is 5.92 Å². The fourth-order valence-corrected chi connectivity index (χ4v) is 3.74. The molecular weight excluding hydrogens is 260 g/mol. The third kappa shape index (κ3) is 2.78. The quantitative estimate of drug-likeness (QED) is 0.834. The van der Waals surface area contributed by atoms with Gasteiger partial charge >= 0.3 is 0 Å². The van der Waals surface area contributed by atoms with E-state index in [1.54, 1.807) is 0 Å². The molecule has 2 fully saturated rings. The van der Waals surface area contributed by atoms with Crippen molar-refractivity contribution < 1.29 is 4.79 Å². The van der Waals surface area contributed by atoms with Gasteiger partial charge in [0.2, 0.25) is 5.91 Å². The molecule has 0 bridgehead atoms. The molecule has 1 saturated heterocycles. The van der Waals surface area contributed by atoms with E-state index in [1.807, 2.05) is 0 Å². The molecule has 1 heterocycles. The maximum absolute atomic E-state index is 12.3. The van der Waals surface area contributed by atoms with Crippen molar-refractivity contribution in [3.63, 3.8) is 0 Å². The van der Waals surface area contributed by atoms with Gasteiger partial charge in [-0.3, -0.25) is 4.79 Å². The average Bonchev–Trinajstić information content (AvgIpc) is 2.36.